The van der Waals surface area contributed by atoms with Gasteiger partial charge in [-0.25, -0.2) is 0 Å². The Morgan fingerprint density at radius 1 is 1.00 bits per heavy atom. The molecule has 0 atom stereocenters. The van der Waals surface area contributed by atoms with E-state index in [-0.39, 0.29) is 0 Å². The molecule has 0 N–H and O–H groups in total. The molecule has 14 heavy (non-hydrogen) atoms. The van der Waals surface area contributed by atoms with Crippen LogP contribution in [0.4, 0.5) is 0 Å². The highest BCUT2D eigenvalue weighted by molar-refractivity contribution is 5.02. The molecule has 0 aliphatic rings. The molecule has 0 aromatic carbocycles. The van der Waals surface area contributed by atoms with E-state index in [2.05, 4.69) is 6.58 Å². The van der Waals surface area contributed by atoms with Gasteiger partial charge in [0.25, 0.3) is 0 Å². The summed E-state index contributed by atoms with van der Waals surface area (Å²) in [5, 5.41) is 0. The van der Waals surface area contributed by atoms with Crippen LogP contribution in [0.1, 0.15) is 20.8 Å². The maximum Gasteiger partial charge on any atom is 0.304 e. The third-order valence-corrected chi connectivity index (χ3v) is 1.47. The summed E-state index contributed by atoms with van der Waals surface area (Å²) in [6.07, 6.45) is 5.13. The third kappa shape index (κ3) is 4.56. The van der Waals surface area contributed by atoms with E-state index in [0.717, 1.165) is 0 Å². The molecule has 3 nitrogen and oxygen atoms in total. The molecule has 0 aromatic heterocycles. The maximum atomic E-state index is 5.43. The molecule has 0 fully saturated rings. The van der Waals surface area contributed by atoms with Gasteiger partial charge in [-0.15, -0.1) is 0 Å². The van der Waals surface area contributed by atoms with Crippen LogP contribution in [0.25, 0.3) is 0 Å². The van der Waals surface area contributed by atoms with Crippen molar-refractivity contribution in [3.05, 3.63) is 24.8 Å². The summed E-state index contributed by atoms with van der Waals surface area (Å²) in [6, 6.07) is 0. The summed E-state index contributed by atoms with van der Waals surface area (Å²) in [7, 11) is 0. The summed E-state index contributed by atoms with van der Waals surface area (Å²) < 4.78 is 16.3. The summed E-state index contributed by atoms with van der Waals surface area (Å²) >= 11 is 0. The fraction of sp³-hybridized carbons (Fsp3) is 0.636. The van der Waals surface area contributed by atoms with Crippen molar-refractivity contribution >= 4 is 0 Å². The second-order valence-corrected chi connectivity index (χ2v) is 2.50. The standard InChI is InChI=1S/C11H20O3/c1-5-9-10-11(12-6-2,13-7-3)14-8-4/h5,9-10H,1,6-8H2,2-4H3. The molecule has 0 spiro atoms. The van der Waals surface area contributed by atoms with Crippen LogP contribution in [0.15, 0.2) is 24.8 Å². The normalized spacial score (nSPS) is 12.2. The van der Waals surface area contributed by atoms with Gasteiger partial charge >= 0.3 is 5.97 Å². The lowest BCUT2D eigenvalue weighted by Crippen LogP contribution is -2.37. The van der Waals surface area contributed by atoms with E-state index in [1.807, 2.05) is 20.8 Å². The molecule has 0 rings (SSSR count). The highest BCUT2D eigenvalue weighted by Gasteiger charge is 2.28. The molecular weight excluding hydrogens is 180 g/mol. The molecule has 0 saturated heterocycles. The summed E-state index contributed by atoms with van der Waals surface area (Å²) in [6.45, 7) is 10.9. The summed E-state index contributed by atoms with van der Waals surface area (Å²) in [4.78, 5) is 0. The SMILES string of the molecule is C=CC=CC(OCC)(OCC)OCC. The predicted octanol–water partition coefficient (Wildman–Crippen LogP) is 2.49. The quantitative estimate of drug-likeness (QED) is 0.445. The maximum absolute atomic E-state index is 5.43. The Labute approximate surface area is 86.4 Å². The van der Waals surface area contributed by atoms with Gasteiger partial charge in [0, 0.05) is 25.9 Å². The van der Waals surface area contributed by atoms with E-state index in [4.69, 9.17) is 14.2 Å². The van der Waals surface area contributed by atoms with Gasteiger partial charge in [0.05, 0.1) is 0 Å². The molecule has 0 aliphatic heterocycles. The Morgan fingerprint density at radius 2 is 1.43 bits per heavy atom. The van der Waals surface area contributed by atoms with Crippen LogP contribution in [0.5, 0.6) is 0 Å². The molecule has 0 saturated carbocycles. The molecule has 0 amide bonds. The van der Waals surface area contributed by atoms with E-state index >= 15 is 0 Å². The zero-order valence-electron chi connectivity index (χ0n) is 9.29. The van der Waals surface area contributed by atoms with Gasteiger partial charge in [0.2, 0.25) is 0 Å². The first-order chi connectivity index (χ1) is 6.74. The second kappa shape index (κ2) is 7.74. The van der Waals surface area contributed by atoms with E-state index in [1.165, 1.54) is 0 Å². The van der Waals surface area contributed by atoms with Crippen LogP contribution in [-0.2, 0) is 14.2 Å². The molecule has 0 radical (unpaired) electrons. The van der Waals surface area contributed by atoms with Crippen LogP contribution in [-0.4, -0.2) is 25.8 Å². The van der Waals surface area contributed by atoms with Crippen LogP contribution in [0.3, 0.4) is 0 Å². The first kappa shape index (κ1) is 13.4. The molecule has 82 valence electrons. The van der Waals surface area contributed by atoms with Crippen molar-refractivity contribution in [1.29, 1.82) is 0 Å². The zero-order valence-corrected chi connectivity index (χ0v) is 9.29. The van der Waals surface area contributed by atoms with Gasteiger partial charge in [0.15, 0.2) is 0 Å². The Balaban J connectivity index is 4.52. The topological polar surface area (TPSA) is 27.7 Å². The number of hydrogen-bond acceptors (Lipinski definition) is 3. The number of ether oxygens (including phenoxy) is 3. The van der Waals surface area contributed by atoms with Crippen LogP contribution < -0.4 is 0 Å². The third-order valence-electron chi connectivity index (χ3n) is 1.47. The number of allylic oxidation sites excluding steroid dienone is 2. The highest BCUT2D eigenvalue weighted by atomic mass is 16.9. The minimum Gasteiger partial charge on any atom is -0.324 e. The molecule has 0 heterocycles. The fourth-order valence-electron chi connectivity index (χ4n) is 1.06. The Bertz CT molecular complexity index is 158. The van der Waals surface area contributed by atoms with Crippen LogP contribution in [0.2, 0.25) is 0 Å². The lowest BCUT2D eigenvalue weighted by atomic mass is 10.4. The van der Waals surface area contributed by atoms with Gasteiger partial charge in [0.1, 0.15) is 0 Å². The minimum absolute atomic E-state index is 0.529. The van der Waals surface area contributed by atoms with Gasteiger partial charge < -0.3 is 14.2 Å². The van der Waals surface area contributed by atoms with Crippen molar-refractivity contribution in [2.45, 2.75) is 26.7 Å². The monoisotopic (exact) mass is 200 g/mol. The Morgan fingerprint density at radius 3 is 1.71 bits per heavy atom. The molecular formula is C11H20O3. The largest absolute Gasteiger partial charge is 0.324 e. The molecule has 0 aromatic rings. The van der Waals surface area contributed by atoms with Crippen molar-refractivity contribution < 1.29 is 14.2 Å². The minimum atomic E-state index is -1.05. The van der Waals surface area contributed by atoms with Gasteiger partial charge in [-0.05, 0) is 20.8 Å². The van der Waals surface area contributed by atoms with Crippen LogP contribution in [0, 0.1) is 0 Å². The average Bonchev–Trinajstić information content (AvgIpc) is 2.16. The average molecular weight is 200 g/mol. The number of hydrogen-bond donors (Lipinski definition) is 0. The van der Waals surface area contributed by atoms with Crippen LogP contribution >= 0.6 is 0 Å². The highest BCUT2D eigenvalue weighted by Crippen LogP contribution is 2.17. The van der Waals surface area contributed by atoms with Gasteiger partial charge in [-0.1, -0.05) is 18.7 Å². The van der Waals surface area contributed by atoms with Crippen molar-refractivity contribution in [2.75, 3.05) is 19.8 Å². The first-order valence-electron chi connectivity index (χ1n) is 4.96. The smallest absolute Gasteiger partial charge is 0.304 e. The van der Waals surface area contributed by atoms with Crippen molar-refractivity contribution in [3.8, 4) is 0 Å². The van der Waals surface area contributed by atoms with E-state index in [9.17, 15) is 0 Å². The van der Waals surface area contributed by atoms with E-state index in [1.54, 1.807) is 18.2 Å². The second-order valence-electron chi connectivity index (χ2n) is 2.50. The summed E-state index contributed by atoms with van der Waals surface area (Å²) in [5.41, 5.74) is 0. The first-order valence-corrected chi connectivity index (χ1v) is 4.96. The van der Waals surface area contributed by atoms with Gasteiger partial charge in [-0.3, -0.25) is 0 Å². The predicted molar refractivity (Wildman–Crippen MR) is 56.9 cm³/mol. The lowest BCUT2D eigenvalue weighted by molar-refractivity contribution is -0.345. The zero-order chi connectivity index (χ0) is 10.9. The molecule has 0 bridgehead atoms. The van der Waals surface area contributed by atoms with Crippen molar-refractivity contribution in [3.63, 3.8) is 0 Å². The molecule has 3 heteroatoms. The van der Waals surface area contributed by atoms with Crippen molar-refractivity contribution in [2.24, 2.45) is 0 Å². The lowest BCUT2D eigenvalue weighted by Gasteiger charge is -2.29. The van der Waals surface area contributed by atoms with E-state index < -0.39 is 5.97 Å². The summed E-state index contributed by atoms with van der Waals surface area (Å²) in [5.74, 6) is -1.05. The fourth-order valence-corrected chi connectivity index (χ4v) is 1.06. The molecule has 0 aliphatic carbocycles. The van der Waals surface area contributed by atoms with E-state index in [0.29, 0.717) is 19.8 Å². The number of rotatable bonds is 8. The Kier molecular flexibility index (Phi) is 7.38. The molecule has 0 unspecified atom stereocenters. The Hall–Kier alpha value is -0.640. The van der Waals surface area contributed by atoms with Gasteiger partial charge in [-0.2, -0.15) is 0 Å². The van der Waals surface area contributed by atoms with Crippen molar-refractivity contribution in [1.82, 2.24) is 0 Å².